The normalized spacial score (nSPS) is 19.5. The molecule has 19 heavy (non-hydrogen) atoms. The molecule has 6 heteroatoms. The predicted octanol–water partition coefficient (Wildman–Crippen LogP) is 1.78. The number of nitrogens with one attached hydrogen (secondary N) is 1. The summed E-state index contributed by atoms with van der Waals surface area (Å²) in [5.74, 6) is 0.590. The number of rotatable bonds is 3. The Morgan fingerprint density at radius 2 is 2.16 bits per heavy atom. The van der Waals surface area contributed by atoms with Gasteiger partial charge < -0.3 is 5.32 Å². The summed E-state index contributed by atoms with van der Waals surface area (Å²) >= 11 is 0. The van der Waals surface area contributed by atoms with Gasteiger partial charge in [0.05, 0.1) is 29.8 Å². The van der Waals surface area contributed by atoms with Crippen molar-refractivity contribution in [2.75, 3.05) is 18.9 Å². The molecule has 98 valence electrons. The Morgan fingerprint density at radius 3 is 2.89 bits per heavy atom. The summed E-state index contributed by atoms with van der Waals surface area (Å²) in [7, 11) is 2.14. The highest BCUT2D eigenvalue weighted by Gasteiger charge is 2.23. The number of nitrogens with zero attached hydrogens (tertiary/aromatic N) is 5. The maximum Gasteiger partial charge on any atom is 0.227 e. The maximum atomic E-state index is 4.58. The molecule has 2 aromatic heterocycles. The Hall–Kier alpha value is -2.08. The number of hydrogen-bond donors (Lipinski definition) is 1. The smallest absolute Gasteiger partial charge is 0.227 e. The molecule has 0 aliphatic carbocycles. The third kappa shape index (κ3) is 2.68. The van der Waals surface area contributed by atoms with E-state index < -0.39 is 0 Å². The largest absolute Gasteiger partial charge is 0.322 e. The van der Waals surface area contributed by atoms with Crippen LogP contribution in [-0.4, -0.2) is 38.4 Å². The summed E-state index contributed by atoms with van der Waals surface area (Å²) in [5, 5.41) is 3.12. The van der Waals surface area contributed by atoms with Crippen molar-refractivity contribution in [3.05, 3.63) is 36.7 Å². The Balaban J connectivity index is 1.80. The minimum Gasteiger partial charge on any atom is -0.322 e. The Bertz CT molecular complexity index is 544. The first kappa shape index (κ1) is 12.0. The Morgan fingerprint density at radius 1 is 1.32 bits per heavy atom. The Labute approximate surface area is 111 Å². The van der Waals surface area contributed by atoms with Crippen LogP contribution >= 0.6 is 0 Å². The van der Waals surface area contributed by atoms with Crippen molar-refractivity contribution < 1.29 is 0 Å². The van der Waals surface area contributed by atoms with Gasteiger partial charge in [-0.05, 0) is 32.5 Å². The first-order chi connectivity index (χ1) is 9.33. The lowest BCUT2D eigenvalue weighted by Gasteiger charge is -2.18. The summed E-state index contributed by atoms with van der Waals surface area (Å²) in [6, 6.07) is 2.38. The fourth-order valence-electron chi connectivity index (χ4n) is 2.40. The average molecular weight is 256 g/mol. The van der Waals surface area contributed by atoms with Gasteiger partial charge in [0.2, 0.25) is 5.95 Å². The van der Waals surface area contributed by atoms with E-state index in [2.05, 4.69) is 37.2 Å². The van der Waals surface area contributed by atoms with Crippen LogP contribution in [0, 0.1) is 0 Å². The van der Waals surface area contributed by atoms with E-state index in [1.165, 1.54) is 12.7 Å². The highest BCUT2D eigenvalue weighted by molar-refractivity contribution is 5.49. The molecule has 0 radical (unpaired) electrons. The monoisotopic (exact) mass is 256 g/mol. The van der Waals surface area contributed by atoms with Crippen LogP contribution in [0.15, 0.2) is 31.0 Å². The van der Waals surface area contributed by atoms with E-state index in [1.807, 2.05) is 6.07 Å². The van der Waals surface area contributed by atoms with Gasteiger partial charge in [0, 0.05) is 6.20 Å². The second-order valence-corrected chi connectivity index (χ2v) is 4.70. The van der Waals surface area contributed by atoms with E-state index in [1.54, 1.807) is 18.6 Å². The zero-order chi connectivity index (χ0) is 13.1. The number of anilines is 2. The molecule has 1 fully saturated rings. The number of hydrogen-bond acceptors (Lipinski definition) is 6. The number of likely N-dealkylation sites (tertiary alicyclic amines) is 1. The van der Waals surface area contributed by atoms with Gasteiger partial charge >= 0.3 is 0 Å². The van der Waals surface area contributed by atoms with Crippen LogP contribution in [0.2, 0.25) is 0 Å². The molecule has 0 aromatic carbocycles. The molecule has 6 nitrogen and oxygen atoms in total. The molecule has 0 bridgehead atoms. The summed E-state index contributed by atoms with van der Waals surface area (Å²) in [6.45, 7) is 1.13. The van der Waals surface area contributed by atoms with Gasteiger partial charge in [-0.15, -0.1) is 0 Å². The fraction of sp³-hybridized carbons (Fsp3) is 0.385. The molecular formula is C13H16N6. The summed E-state index contributed by atoms with van der Waals surface area (Å²) in [4.78, 5) is 19.1. The first-order valence-electron chi connectivity index (χ1n) is 6.38. The molecule has 0 unspecified atom stereocenters. The van der Waals surface area contributed by atoms with Crippen LogP contribution < -0.4 is 5.32 Å². The summed E-state index contributed by atoms with van der Waals surface area (Å²) in [5.41, 5.74) is 1.86. The molecular weight excluding hydrogens is 240 g/mol. The van der Waals surface area contributed by atoms with Gasteiger partial charge in [0.15, 0.2) is 0 Å². The molecule has 1 N–H and O–H groups in total. The molecule has 3 heterocycles. The highest BCUT2D eigenvalue weighted by atomic mass is 15.2. The molecule has 0 saturated carbocycles. The molecule has 1 atom stereocenters. The van der Waals surface area contributed by atoms with Crippen LogP contribution in [0.25, 0.3) is 0 Å². The molecule has 1 aliphatic rings. The molecule has 2 aromatic rings. The van der Waals surface area contributed by atoms with Gasteiger partial charge in [-0.25, -0.2) is 19.9 Å². The van der Waals surface area contributed by atoms with Crippen molar-refractivity contribution in [1.29, 1.82) is 0 Å². The van der Waals surface area contributed by atoms with Crippen LogP contribution in [0.5, 0.6) is 0 Å². The quantitative estimate of drug-likeness (QED) is 0.903. The minimum absolute atomic E-state index is 0.399. The van der Waals surface area contributed by atoms with Crippen molar-refractivity contribution >= 4 is 11.6 Å². The zero-order valence-corrected chi connectivity index (χ0v) is 10.8. The second-order valence-electron chi connectivity index (χ2n) is 4.70. The third-order valence-electron chi connectivity index (χ3n) is 3.36. The van der Waals surface area contributed by atoms with Gasteiger partial charge in [0.25, 0.3) is 0 Å². The highest BCUT2D eigenvalue weighted by Crippen LogP contribution is 2.29. The first-order valence-corrected chi connectivity index (χ1v) is 6.38. The fourth-order valence-corrected chi connectivity index (χ4v) is 2.40. The maximum absolute atomic E-state index is 4.58. The summed E-state index contributed by atoms with van der Waals surface area (Å²) < 4.78 is 0. The molecule has 0 amide bonds. The lowest BCUT2D eigenvalue weighted by molar-refractivity contribution is 0.312. The molecule has 1 saturated heterocycles. The molecule has 3 rings (SSSR count). The van der Waals surface area contributed by atoms with Crippen molar-refractivity contribution in [2.45, 2.75) is 18.9 Å². The van der Waals surface area contributed by atoms with Crippen LogP contribution in [-0.2, 0) is 0 Å². The summed E-state index contributed by atoms with van der Waals surface area (Å²) in [6.07, 6.45) is 9.06. The SMILES string of the molecule is CN1CCC[C@H]1c1ccnc(Nc2cncnc2)n1. The standard InChI is InChI=1S/C13H16N6/c1-19-6-2-3-12(19)11-4-5-16-13(18-11)17-10-7-14-9-15-8-10/h4-5,7-9,12H,2-3,6H2,1H3,(H,16,17,18)/t12-/m0/s1. The van der Waals surface area contributed by atoms with E-state index in [4.69, 9.17) is 0 Å². The van der Waals surface area contributed by atoms with Crippen LogP contribution in [0.1, 0.15) is 24.6 Å². The molecule has 0 spiro atoms. The van der Waals surface area contributed by atoms with Gasteiger partial charge in [-0.3, -0.25) is 4.90 Å². The van der Waals surface area contributed by atoms with E-state index in [0.717, 1.165) is 24.3 Å². The van der Waals surface area contributed by atoms with Crippen molar-refractivity contribution in [2.24, 2.45) is 0 Å². The Kier molecular flexibility index (Phi) is 3.33. The number of aromatic nitrogens is 4. The van der Waals surface area contributed by atoms with Gasteiger partial charge in [-0.2, -0.15) is 0 Å². The lowest BCUT2D eigenvalue weighted by Crippen LogP contribution is -2.18. The van der Waals surface area contributed by atoms with Crippen molar-refractivity contribution in [3.63, 3.8) is 0 Å². The molecule has 1 aliphatic heterocycles. The van der Waals surface area contributed by atoms with E-state index >= 15 is 0 Å². The van der Waals surface area contributed by atoms with Crippen molar-refractivity contribution in [1.82, 2.24) is 24.8 Å². The average Bonchev–Trinajstić information content (AvgIpc) is 2.86. The minimum atomic E-state index is 0.399. The van der Waals surface area contributed by atoms with Crippen molar-refractivity contribution in [3.8, 4) is 0 Å². The van der Waals surface area contributed by atoms with E-state index in [9.17, 15) is 0 Å². The second kappa shape index (κ2) is 5.27. The van der Waals surface area contributed by atoms with Crippen LogP contribution in [0.4, 0.5) is 11.6 Å². The van der Waals surface area contributed by atoms with E-state index in [-0.39, 0.29) is 0 Å². The van der Waals surface area contributed by atoms with Gasteiger partial charge in [0.1, 0.15) is 6.33 Å². The van der Waals surface area contributed by atoms with Crippen LogP contribution in [0.3, 0.4) is 0 Å². The predicted molar refractivity (Wildman–Crippen MR) is 72.0 cm³/mol. The lowest BCUT2D eigenvalue weighted by atomic mass is 10.1. The van der Waals surface area contributed by atoms with E-state index in [0.29, 0.717) is 12.0 Å². The third-order valence-corrected chi connectivity index (χ3v) is 3.36. The zero-order valence-electron chi connectivity index (χ0n) is 10.8. The topological polar surface area (TPSA) is 66.8 Å². The van der Waals surface area contributed by atoms with Gasteiger partial charge in [-0.1, -0.05) is 0 Å².